The van der Waals surface area contributed by atoms with Gasteiger partial charge in [-0.05, 0) is 19.8 Å². The van der Waals surface area contributed by atoms with E-state index < -0.39 is 0 Å². The minimum absolute atomic E-state index is 0. The normalized spacial score (nSPS) is 11.8. The van der Waals surface area contributed by atoms with Crippen molar-refractivity contribution >= 4 is 18.3 Å². The van der Waals surface area contributed by atoms with Gasteiger partial charge in [0.2, 0.25) is 5.91 Å². The minimum Gasteiger partial charge on any atom is -0.341 e. The molecule has 3 nitrogen and oxygen atoms in total. The summed E-state index contributed by atoms with van der Waals surface area (Å²) < 4.78 is 0. The van der Waals surface area contributed by atoms with Crippen LogP contribution in [0.5, 0.6) is 0 Å². The van der Waals surface area contributed by atoms with Crippen LogP contribution in [0, 0.1) is 0 Å². The molecule has 0 fully saturated rings. The summed E-state index contributed by atoms with van der Waals surface area (Å²) in [7, 11) is 0. The molecule has 2 N–H and O–H groups in total. The van der Waals surface area contributed by atoms with E-state index in [-0.39, 0.29) is 24.4 Å². The molecule has 4 heteroatoms. The quantitative estimate of drug-likeness (QED) is 0.651. The predicted molar refractivity (Wildman–Crippen MR) is 76.5 cm³/mol. The van der Waals surface area contributed by atoms with Gasteiger partial charge in [-0.15, -0.1) is 12.4 Å². The Hall–Kier alpha value is -0.280. The number of carbonyl (C=O) groups excluding carboxylic acids is 1. The molecule has 0 spiro atoms. The maximum atomic E-state index is 11.8. The molecule has 0 saturated carbocycles. The van der Waals surface area contributed by atoms with Gasteiger partial charge in [0.1, 0.15) is 0 Å². The molecule has 17 heavy (non-hydrogen) atoms. The molecular weight excluding hydrogens is 236 g/mol. The van der Waals surface area contributed by atoms with Gasteiger partial charge in [-0.3, -0.25) is 4.79 Å². The Balaban J connectivity index is 0. The molecular formula is C13H29ClN2O. The van der Waals surface area contributed by atoms with Crippen molar-refractivity contribution in [1.29, 1.82) is 0 Å². The third kappa shape index (κ3) is 9.42. The number of amides is 1. The summed E-state index contributed by atoms with van der Waals surface area (Å²) in [5, 5.41) is 0. The number of nitrogens with two attached hydrogens (primary N) is 1. The van der Waals surface area contributed by atoms with E-state index >= 15 is 0 Å². The number of nitrogens with zero attached hydrogens (tertiary/aromatic N) is 1. The van der Waals surface area contributed by atoms with Crippen molar-refractivity contribution in [1.82, 2.24) is 4.90 Å². The largest absolute Gasteiger partial charge is 0.341 e. The Morgan fingerprint density at radius 1 is 1.06 bits per heavy atom. The monoisotopic (exact) mass is 264 g/mol. The molecule has 0 aliphatic heterocycles. The predicted octanol–water partition coefficient (Wildman–Crippen LogP) is 2.96. The fraction of sp³-hybridized carbons (Fsp3) is 0.923. The fourth-order valence-corrected chi connectivity index (χ4v) is 1.73. The van der Waals surface area contributed by atoms with Crippen molar-refractivity contribution in [2.24, 2.45) is 5.73 Å². The first-order valence-electron chi connectivity index (χ1n) is 6.67. The van der Waals surface area contributed by atoms with Crippen LogP contribution in [-0.4, -0.2) is 29.9 Å². The Kier molecular flexibility index (Phi) is 13.7. The van der Waals surface area contributed by atoms with Crippen molar-refractivity contribution in [3.8, 4) is 0 Å². The zero-order valence-electron chi connectivity index (χ0n) is 11.6. The molecule has 0 aromatic carbocycles. The van der Waals surface area contributed by atoms with Gasteiger partial charge in [-0.2, -0.15) is 0 Å². The van der Waals surface area contributed by atoms with E-state index in [9.17, 15) is 4.79 Å². The van der Waals surface area contributed by atoms with Crippen LogP contribution in [-0.2, 0) is 4.79 Å². The van der Waals surface area contributed by atoms with Crippen LogP contribution in [0.4, 0.5) is 0 Å². The third-order valence-corrected chi connectivity index (χ3v) is 2.76. The molecule has 0 radical (unpaired) electrons. The lowest BCUT2D eigenvalue weighted by Gasteiger charge is -2.24. The topological polar surface area (TPSA) is 46.3 Å². The van der Waals surface area contributed by atoms with Crippen LogP contribution in [0.1, 0.15) is 59.3 Å². The average molecular weight is 265 g/mol. The maximum Gasteiger partial charge on any atom is 0.239 e. The molecule has 1 unspecified atom stereocenters. The molecule has 0 aliphatic rings. The van der Waals surface area contributed by atoms with Crippen LogP contribution >= 0.6 is 12.4 Å². The second-order valence-electron chi connectivity index (χ2n) is 4.53. The first-order chi connectivity index (χ1) is 7.63. The van der Waals surface area contributed by atoms with Crippen LogP contribution in [0.2, 0.25) is 0 Å². The van der Waals surface area contributed by atoms with Gasteiger partial charge in [-0.1, -0.05) is 39.5 Å². The second-order valence-corrected chi connectivity index (χ2v) is 4.53. The fourth-order valence-electron chi connectivity index (χ4n) is 1.73. The number of unbranched alkanes of at least 4 members (excludes halogenated alkanes) is 4. The lowest BCUT2D eigenvalue weighted by Crippen LogP contribution is -2.43. The highest BCUT2D eigenvalue weighted by atomic mass is 35.5. The zero-order valence-corrected chi connectivity index (χ0v) is 12.4. The van der Waals surface area contributed by atoms with Crippen molar-refractivity contribution in [3.63, 3.8) is 0 Å². The lowest BCUT2D eigenvalue weighted by molar-refractivity contribution is -0.132. The summed E-state index contributed by atoms with van der Waals surface area (Å²) in [5.41, 5.74) is 5.65. The van der Waals surface area contributed by atoms with E-state index in [0.29, 0.717) is 0 Å². The highest BCUT2D eigenvalue weighted by molar-refractivity contribution is 5.85. The van der Waals surface area contributed by atoms with Crippen LogP contribution < -0.4 is 5.73 Å². The molecule has 0 rings (SSSR count). The van der Waals surface area contributed by atoms with Crippen LogP contribution in [0.3, 0.4) is 0 Å². The molecule has 0 aromatic heterocycles. The van der Waals surface area contributed by atoms with E-state index in [1.54, 1.807) is 6.92 Å². The van der Waals surface area contributed by atoms with Crippen LogP contribution in [0.15, 0.2) is 0 Å². The molecule has 0 heterocycles. The smallest absolute Gasteiger partial charge is 0.239 e. The summed E-state index contributed by atoms with van der Waals surface area (Å²) >= 11 is 0. The second kappa shape index (κ2) is 12.2. The van der Waals surface area contributed by atoms with Gasteiger partial charge in [0.25, 0.3) is 0 Å². The lowest BCUT2D eigenvalue weighted by atomic mass is 10.2. The van der Waals surface area contributed by atoms with Gasteiger partial charge in [0, 0.05) is 13.1 Å². The summed E-state index contributed by atoms with van der Waals surface area (Å²) in [4.78, 5) is 13.8. The Labute approximate surface area is 113 Å². The number of rotatable bonds is 9. The van der Waals surface area contributed by atoms with Gasteiger partial charge < -0.3 is 10.6 Å². The average Bonchev–Trinajstić information content (AvgIpc) is 2.26. The third-order valence-electron chi connectivity index (χ3n) is 2.76. The van der Waals surface area contributed by atoms with Gasteiger partial charge in [0.15, 0.2) is 0 Å². The van der Waals surface area contributed by atoms with E-state index in [4.69, 9.17) is 5.73 Å². The molecule has 0 saturated heterocycles. The van der Waals surface area contributed by atoms with Gasteiger partial charge in [-0.25, -0.2) is 0 Å². The first-order valence-corrected chi connectivity index (χ1v) is 6.67. The number of hydrogen-bond acceptors (Lipinski definition) is 2. The Morgan fingerprint density at radius 2 is 1.47 bits per heavy atom. The van der Waals surface area contributed by atoms with E-state index in [0.717, 1.165) is 25.9 Å². The summed E-state index contributed by atoms with van der Waals surface area (Å²) in [6.07, 6.45) is 6.96. The van der Waals surface area contributed by atoms with Gasteiger partial charge >= 0.3 is 0 Å². The van der Waals surface area contributed by atoms with E-state index in [2.05, 4.69) is 13.8 Å². The van der Waals surface area contributed by atoms with Crippen molar-refractivity contribution in [2.45, 2.75) is 65.3 Å². The minimum atomic E-state index is -0.358. The Morgan fingerprint density at radius 3 is 1.76 bits per heavy atom. The van der Waals surface area contributed by atoms with E-state index in [1.165, 1.54) is 25.7 Å². The number of halogens is 1. The van der Waals surface area contributed by atoms with Crippen molar-refractivity contribution < 1.29 is 4.79 Å². The summed E-state index contributed by atoms with van der Waals surface area (Å²) in [5.74, 6) is 0.104. The van der Waals surface area contributed by atoms with Crippen molar-refractivity contribution in [2.75, 3.05) is 13.1 Å². The molecule has 0 aromatic rings. The SMILES string of the molecule is CCCCCN(CCCCC)C(=O)C(C)N.Cl. The summed E-state index contributed by atoms with van der Waals surface area (Å²) in [6.45, 7) is 7.87. The Bertz CT molecular complexity index is 176. The molecule has 1 amide bonds. The van der Waals surface area contributed by atoms with Gasteiger partial charge in [0.05, 0.1) is 6.04 Å². The molecule has 104 valence electrons. The molecule has 1 atom stereocenters. The maximum absolute atomic E-state index is 11.8. The van der Waals surface area contributed by atoms with Crippen LogP contribution in [0.25, 0.3) is 0 Å². The highest BCUT2D eigenvalue weighted by Gasteiger charge is 2.16. The first kappa shape index (κ1) is 19.1. The highest BCUT2D eigenvalue weighted by Crippen LogP contribution is 2.04. The standard InChI is InChI=1S/C13H28N2O.ClH/c1-4-6-8-10-15(11-9-7-5-2)13(16)12(3)14;/h12H,4-11,14H2,1-3H3;1H. The molecule has 0 bridgehead atoms. The number of carbonyl (C=O) groups is 1. The van der Waals surface area contributed by atoms with Crippen molar-refractivity contribution in [3.05, 3.63) is 0 Å². The summed E-state index contributed by atoms with van der Waals surface area (Å²) in [6, 6.07) is -0.358. The number of hydrogen-bond donors (Lipinski definition) is 1. The molecule has 0 aliphatic carbocycles. The zero-order chi connectivity index (χ0) is 12.4. The van der Waals surface area contributed by atoms with E-state index in [1.807, 2.05) is 4.90 Å².